The zero-order valence-electron chi connectivity index (χ0n) is 64.1. The van der Waals surface area contributed by atoms with Gasteiger partial charge < -0.3 is 68.1 Å². The number of hydrogen-bond acceptors (Lipinski definition) is 27. The van der Waals surface area contributed by atoms with Crippen molar-refractivity contribution >= 4 is 23.7 Å². The highest BCUT2D eigenvalue weighted by atomic mass is 16.6. The summed E-state index contributed by atoms with van der Waals surface area (Å²) < 4.78 is 11.9. The van der Waals surface area contributed by atoms with E-state index in [2.05, 4.69) is 119 Å². The zero-order valence-corrected chi connectivity index (χ0v) is 64.1. The number of Topliss-reactive ketones (excluding diaryl/α,β-unsaturated/α-hetero) is 1. The van der Waals surface area contributed by atoms with Crippen LogP contribution < -0.4 is 43.4 Å². The lowest BCUT2D eigenvalue weighted by molar-refractivity contribution is -0.119. The minimum atomic E-state index is -0.277. The van der Waals surface area contributed by atoms with Crippen LogP contribution in [-0.2, 0) is 102 Å². The Morgan fingerprint density at radius 2 is 1.13 bits per heavy atom. The molecule has 2 amide bonds. The van der Waals surface area contributed by atoms with Crippen LogP contribution in [0.5, 0.6) is 0 Å². The molecule has 35 heteroatoms. The number of likely N-dealkylation sites (N-methyl/N-ethyl adjacent to an activating group) is 2. The number of nitrogens with zero attached hydrogens (tertiary/aromatic N) is 21. The van der Waals surface area contributed by atoms with Crippen LogP contribution in [0.2, 0.25) is 0 Å². The number of aromatic nitrogens is 18. The maximum absolute atomic E-state index is 11.4. The Labute approximate surface area is 605 Å². The van der Waals surface area contributed by atoms with Gasteiger partial charge in [0.2, 0.25) is 0 Å². The van der Waals surface area contributed by atoms with Crippen LogP contribution in [0.25, 0.3) is 0 Å². The first-order chi connectivity index (χ1) is 49.1. The minimum Gasteiger partial charge on any atom is -0.444 e. The second kappa shape index (κ2) is 53.2. The molecular weight excluding hydrogens is 1300 g/mol. The van der Waals surface area contributed by atoms with Gasteiger partial charge in [-0.05, 0) is 130 Å². The predicted molar refractivity (Wildman–Crippen MR) is 394 cm³/mol. The van der Waals surface area contributed by atoms with Crippen LogP contribution in [-0.4, -0.2) is 240 Å². The Morgan fingerprint density at radius 1 is 0.598 bits per heavy atom. The molecule has 4 fully saturated rings. The van der Waals surface area contributed by atoms with E-state index in [9.17, 15) is 14.4 Å². The van der Waals surface area contributed by atoms with E-state index in [4.69, 9.17) is 26.4 Å². The molecule has 0 aliphatic carbocycles. The number of hydrogen-bond donors (Lipinski definition) is 9. The maximum Gasteiger partial charge on any atom is 0.409 e. The molecule has 1 unspecified atom stereocenters. The number of ether oxygens (including phenoxy) is 2. The number of amides is 2. The van der Waals surface area contributed by atoms with E-state index in [-0.39, 0.29) is 30.2 Å². The smallest absolute Gasteiger partial charge is 0.409 e. The Bertz CT molecular complexity index is 3110. The summed E-state index contributed by atoms with van der Waals surface area (Å²) in [7, 11) is 16.4. The standard InChI is InChI=1S/C11H19NO3.C10H19N5.C9H17NO2.C8H15N5.C8H17N5.C8H14N4.C7H15N5.C6H12N4/c1-3-4-5-9(13)6-7-10-8-12(2)11(14)15-10;1-9(11)5-3-4-6-12-7-10-8-13-15(2)14-10;1-3-4-5-6-8-7-10(2)9(11)12-8;1-13-11-6-8(12-13)5-10-7-2-3-9-4-7;1-9-4-3-5-10-6-8-7-11-13(2)12-8;1-7-4-12(5-7)6-8-3-9-11(2)10-8;1-12-6-7(10-11-12)5-9-4-2-3-8;1-3-5-6(4-7)9-10(2)8-5/h10H,3-8H2,1-2H3;8,11-12H,3-7H2,1-2H3;8H,3-7H2,1-2H3;6-7,9-10H,2-5H2,1H3;7,9-10H,3-6H2,1-2H3;3,7H,4-6H2,1-2H3;6,9H,2-5,8H2,1H3;3-4,7H2,1-2H3/t10-;;8-;;;;;/m1.1...../s1. The summed E-state index contributed by atoms with van der Waals surface area (Å²) in [6, 6.07) is 0.599. The molecule has 4 aliphatic rings. The summed E-state index contributed by atoms with van der Waals surface area (Å²) in [6.07, 6.45) is 24.6. The minimum absolute atomic E-state index is 0.0897. The van der Waals surface area contributed by atoms with Crippen LogP contribution in [0, 0.1) is 11.3 Å². The summed E-state index contributed by atoms with van der Waals surface area (Å²) in [5.74, 6) is 1.14. The number of nitrogens with one attached hydrogen (secondary N) is 7. The van der Waals surface area contributed by atoms with Crippen molar-refractivity contribution in [2.24, 2.45) is 59.7 Å². The average Bonchev–Trinajstić information content (AvgIpc) is 1.17. The number of carbonyl (C=O) groups excluding carboxylic acids is 3. The summed E-state index contributed by atoms with van der Waals surface area (Å²) in [4.78, 5) is 46.8. The van der Waals surface area contributed by atoms with Gasteiger partial charge in [-0.2, -0.15) is 75.0 Å². The monoisotopic (exact) mass is 1430 g/mol. The van der Waals surface area contributed by atoms with Crippen LogP contribution in [0.15, 0.2) is 31.0 Å². The molecule has 0 saturated carbocycles. The first-order valence-corrected chi connectivity index (χ1v) is 36.4. The normalized spacial score (nSPS) is 16.0. The highest BCUT2D eigenvalue weighted by Gasteiger charge is 2.29. The molecule has 0 spiro atoms. The molecule has 6 aromatic rings. The van der Waals surface area contributed by atoms with E-state index in [0.717, 1.165) is 194 Å². The number of carbonyl (C=O) groups is 3. The second-order valence-electron chi connectivity index (χ2n) is 26.0. The van der Waals surface area contributed by atoms with Gasteiger partial charge in [0.1, 0.15) is 18.0 Å². The quantitative estimate of drug-likeness (QED) is 0.0204. The molecule has 0 bridgehead atoms. The van der Waals surface area contributed by atoms with E-state index < -0.39 is 0 Å². The molecule has 4 saturated heterocycles. The molecule has 10 rings (SSSR count). The molecule has 102 heavy (non-hydrogen) atoms. The summed E-state index contributed by atoms with van der Waals surface area (Å²) in [6.45, 7) is 25.7. The fourth-order valence-electron chi connectivity index (χ4n) is 10.5. The highest BCUT2D eigenvalue weighted by Crippen LogP contribution is 2.18. The Morgan fingerprint density at radius 3 is 1.57 bits per heavy atom. The van der Waals surface area contributed by atoms with Crippen molar-refractivity contribution in [2.75, 3.05) is 93.1 Å². The van der Waals surface area contributed by atoms with Gasteiger partial charge >= 0.3 is 12.2 Å². The molecule has 0 radical (unpaired) electrons. The van der Waals surface area contributed by atoms with Crippen molar-refractivity contribution in [1.29, 1.82) is 5.41 Å². The number of likely N-dealkylation sites (tertiary alicyclic amines) is 1. The molecular formula is C67H128N30O5. The average molecular weight is 1430 g/mol. The largest absolute Gasteiger partial charge is 0.444 e. The third-order valence-corrected chi connectivity index (χ3v) is 16.0. The van der Waals surface area contributed by atoms with Crippen molar-refractivity contribution < 1.29 is 23.9 Å². The topological polar surface area (TPSA) is 412 Å². The lowest BCUT2D eigenvalue weighted by atomic mass is 10.0. The first-order valence-electron chi connectivity index (χ1n) is 36.4. The number of unbranched alkanes of at least 4 members (excludes halogenated alkanes) is 4. The van der Waals surface area contributed by atoms with Gasteiger partial charge in [-0.1, -0.05) is 52.2 Å². The second-order valence-corrected chi connectivity index (χ2v) is 26.0. The van der Waals surface area contributed by atoms with Crippen molar-refractivity contribution in [3.63, 3.8) is 0 Å². The fraction of sp³-hybridized carbons (Fsp3) is 0.761. The van der Waals surface area contributed by atoms with Gasteiger partial charge in [0.15, 0.2) is 0 Å². The van der Waals surface area contributed by atoms with E-state index in [0.29, 0.717) is 38.4 Å². The molecule has 3 atom stereocenters. The first kappa shape index (κ1) is 88.6. The summed E-state index contributed by atoms with van der Waals surface area (Å²) >= 11 is 0. The van der Waals surface area contributed by atoms with Crippen LogP contribution in [0.3, 0.4) is 0 Å². The Hall–Kier alpha value is -7.64. The van der Waals surface area contributed by atoms with Crippen molar-refractivity contribution in [1.82, 2.24) is 137 Å². The SMILES string of the molecule is CC(=N)CCCCNCc1cnn(C)n1.CC1CN(Cc2cnn(C)n2)C1.CCCCC(=O)CC[C@@H]1CN(C)C(=O)O1.CCCCC[C@@H]1CN(C)C(=O)O1.CCc1nn(C)nc1CN.CNCCCNCc1cnn(C)n1.Cn1cc(CNCCCN)nn1.Cn1ncc(CNC2CCNC2)n1. The van der Waals surface area contributed by atoms with Crippen molar-refractivity contribution in [2.45, 2.75) is 195 Å². The van der Waals surface area contributed by atoms with Crippen LogP contribution in [0.1, 0.15) is 171 Å². The predicted octanol–water partition coefficient (Wildman–Crippen LogP) is 3.25. The Balaban J connectivity index is 0.000000304. The van der Waals surface area contributed by atoms with E-state index in [1.165, 1.54) is 38.8 Å². The summed E-state index contributed by atoms with van der Waals surface area (Å²) in [5.41, 5.74) is 18.5. The van der Waals surface area contributed by atoms with Gasteiger partial charge in [-0.3, -0.25) is 14.4 Å². The van der Waals surface area contributed by atoms with Gasteiger partial charge in [-0.25, -0.2) is 9.59 Å². The third-order valence-electron chi connectivity index (χ3n) is 16.0. The molecule has 576 valence electrons. The Kier molecular flexibility index (Phi) is 46.2. The van der Waals surface area contributed by atoms with Crippen LogP contribution in [0.4, 0.5) is 9.59 Å². The molecule has 0 aromatic carbocycles. The van der Waals surface area contributed by atoms with Gasteiger partial charge in [-0.15, -0.1) is 5.10 Å². The van der Waals surface area contributed by atoms with Crippen molar-refractivity contribution in [3.05, 3.63) is 70.8 Å². The maximum atomic E-state index is 11.4. The van der Waals surface area contributed by atoms with Gasteiger partial charge in [0, 0.05) is 146 Å². The number of aryl methyl sites for hydroxylation is 7. The van der Waals surface area contributed by atoms with Gasteiger partial charge in [0.25, 0.3) is 0 Å². The number of rotatable bonds is 35. The summed E-state index contributed by atoms with van der Waals surface area (Å²) in [5, 5.41) is 75.6. The molecule has 6 aromatic heterocycles. The molecule has 4 aliphatic heterocycles. The van der Waals surface area contributed by atoms with Gasteiger partial charge in [0.05, 0.1) is 77.7 Å². The number of cyclic esters (lactones) is 2. The molecule has 10 heterocycles. The fourth-order valence-corrected chi connectivity index (χ4v) is 10.5. The number of ketones is 1. The third kappa shape index (κ3) is 40.9. The number of nitrogens with two attached hydrogens (primary N) is 2. The van der Waals surface area contributed by atoms with E-state index >= 15 is 0 Å². The lowest BCUT2D eigenvalue weighted by Gasteiger charge is -2.36. The molecule has 35 nitrogen and oxygen atoms in total. The zero-order chi connectivity index (χ0) is 74.9. The lowest BCUT2D eigenvalue weighted by Crippen LogP contribution is -2.44. The van der Waals surface area contributed by atoms with E-state index in [1.54, 1.807) is 78.2 Å². The molecule has 11 N–H and O–H groups in total. The van der Waals surface area contributed by atoms with Crippen molar-refractivity contribution in [3.8, 4) is 0 Å². The van der Waals surface area contributed by atoms with Crippen LogP contribution >= 0.6 is 0 Å². The van der Waals surface area contributed by atoms with E-state index in [1.807, 2.05) is 68.5 Å². The highest BCUT2D eigenvalue weighted by molar-refractivity contribution is 5.78.